The van der Waals surface area contributed by atoms with E-state index in [1.165, 1.54) is 31.3 Å². The molecule has 0 aliphatic heterocycles. The third kappa shape index (κ3) is 4.09. The predicted molar refractivity (Wildman–Crippen MR) is 93.4 cm³/mol. The van der Waals surface area contributed by atoms with Gasteiger partial charge in [0.05, 0.1) is 11.8 Å². The van der Waals surface area contributed by atoms with Gasteiger partial charge in [-0.15, -0.1) is 0 Å². The van der Waals surface area contributed by atoms with Crippen molar-refractivity contribution in [1.82, 2.24) is 15.0 Å². The average Bonchev–Trinajstić information content (AvgIpc) is 3.22. The lowest BCUT2D eigenvalue weighted by molar-refractivity contribution is -0.392. The van der Waals surface area contributed by atoms with Crippen LogP contribution in [0.4, 0.5) is 14.6 Å². The molecular weight excluding hydrogens is 376 g/mol. The summed E-state index contributed by atoms with van der Waals surface area (Å²) in [4.78, 5) is 26.0. The summed E-state index contributed by atoms with van der Waals surface area (Å²) in [7, 11) is 0. The van der Waals surface area contributed by atoms with Gasteiger partial charge in [-0.3, -0.25) is 4.79 Å². The first-order valence-corrected chi connectivity index (χ1v) is 7.89. The Balaban J connectivity index is 1.64. The topological polar surface area (TPSA) is 116 Å². The first kappa shape index (κ1) is 18.9. The van der Waals surface area contributed by atoms with Crippen molar-refractivity contribution in [3.8, 4) is 11.3 Å². The second kappa shape index (κ2) is 7.78. The number of aromatic nitrogens is 2. The number of aryl methyl sites for hydroxylation is 1. The zero-order valence-electron chi connectivity index (χ0n) is 14.4. The first-order valence-electron chi connectivity index (χ1n) is 7.89. The lowest BCUT2D eigenvalue weighted by atomic mass is 10.1. The Morgan fingerprint density at radius 1 is 1.39 bits per heavy atom. The predicted octanol–water partition coefficient (Wildman–Crippen LogP) is 2.79. The van der Waals surface area contributed by atoms with Gasteiger partial charge in [-0.05, 0) is 29.2 Å². The van der Waals surface area contributed by atoms with Gasteiger partial charge in [-0.25, -0.2) is 23.8 Å². The molecule has 11 heteroatoms. The quantitative estimate of drug-likeness (QED) is 0.395. The molecule has 1 amide bonds. The summed E-state index contributed by atoms with van der Waals surface area (Å²) in [6.07, 6.45) is 2.24. The minimum Gasteiger partial charge on any atom is -0.455 e. The van der Waals surface area contributed by atoms with Crippen molar-refractivity contribution in [3.05, 3.63) is 69.9 Å². The fourth-order valence-corrected chi connectivity index (χ4v) is 2.40. The molecule has 0 aliphatic rings. The maximum Gasteiger partial charge on any atom is 0.343 e. The molecule has 0 saturated carbocycles. The third-order valence-corrected chi connectivity index (χ3v) is 3.73. The molecule has 0 bridgehead atoms. The number of carbonyl (C=O) groups excluding carboxylic acids is 1. The van der Waals surface area contributed by atoms with Gasteiger partial charge in [0.15, 0.2) is 12.4 Å². The van der Waals surface area contributed by atoms with E-state index < -0.39 is 22.5 Å². The Bertz CT molecular complexity index is 1070. The van der Waals surface area contributed by atoms with E-state index in [0.717, 1.165) is 22.9 Å². The Morgan fingerprint density at radius 3 is 2.89 bits per heavy atom. The number of nitrogens with zero attached hydrogens (tertiary/aromatic N) is 4. The number of hydrogen-bond donors (Lipinski definition) is 1. The Labute approximate surface area is 156 Å². The maximum atomic E-state index is 13.8. The van der Waals surface area contributed by atoms with Crippen LogP contribution in [0.15, 0.2) is 46.0 Å². The van der Waals surface area contributed by atoms with Crippen LogP contribution in [0.3, 0.4) is 0 Å². The Hall–Kier alpha value is -3.89. The summed E-state index contributed by atoms with van der Waals surface area (Å²) in [6.45, 7) is 1.19. The monoisotopic (exact) mass is 389 g/mol. The second-order valence-corrected chi connectivity index (χ2v) is 5.63. The average molecular weight is 389 g/mol. The molecule has 2 aromatic heterocycles. The van der Waals surface area contributed by atoms with Crippen molar-refractivity contribution < 1.29 is 22.9 Å². The highest BCUT2D eigenvalue weighted by atomic mass is 19.1. The van der Waals surface area contributed by atoms with E-state index in [2.05, 4.69) is 15.5 Å². The molecule has 1 N–H and O–H groups in total. The molecule has 0 aliphatic carbocycles. The van der Waals surface area contributed by atoms with Gasteiger partial charge in [-0.2, -0.15) is 5.10 Å². The molecular formula is C17H13F2N5O4. The molecule has 9 nitrogen and oxygen atoms in total. The molecule has 3 rings (SSSR count). The zero-order valence-corrected chi connectivity index (χ0v) is 14.4. The van der Waals surface area contributed by atoms with Gasteiger partial charge < -0.3 is 14.5 Å². The van der Waals surface area contributed by atoms with Crippen LogP contribution < -0.4 is 5.43 Å². The van der Waals surface area contributed by atoms with Crippen molar-refractivity contribution in [3.63, 3.8) is 0 Å². The summed E-state index contributed by atoms with van der Waals surface area (Å²) >= 11 is 0. The lowest BCUT2D eigenvalue weighted by Gasteiger charge is -2.01. The molecule has 144 valence electrons. The van der Waals surface area contributed by atoms with Crippen LogP contribution in [0, 0.1) is 28.7 Å². The number of nitro groups is 1. The summed E-state index contributed by atoms with van der Waals surface area (Å²) in [5.74, 6) is -1.72. The van der Waals surface area contributed by atoms with Gasteiger partial charge in [0.1, 0.15) is 29.4 Å². The van der Waals surface area contributed by atoms with Crippen molar-refractivity contribution in [1.29, 1.82) is 0 Å². The van der Waals surface area contributed by atoms with Crippen molar-refractivity contribution in [2.75, 3.05) is 0 Å². The number of rotatable bonds is 6. The van der Waals surface area contributed by atoms with Gasteiger partial charge in [-0.1, -0.05) is 0 Å². The van der Waals surface area contributed by atoms with E-state index in [0.29, 0.717) is 5.82 Å². The van der Waals surface area contributed by atoms with E-state index >= 15 is 0 Å². The molecule has 2 heterocycles. The SMILES string of the molecule is Cc1ncc([N+](=O)[O-])n1CC(=O)N/N=C\c1ccc(-c2ccc(F)cc2F)o1. The molecule has 0 spiro atoms. The molecule has 0 unspecified atom stereocenters. The highest BCUT2D eigenvalue weighted by molar-refractivity contribution is 5.81. The molecule has 1 aromatic carbocycles. The maximum absolute atomic E-state index is 13.8. The van der Waals surface area contributed by atoms with Crippen molar-refractivity contribution in [2.24, 2.45) is 5.10 Å². The number of furan rings is 1. The van der Waals surface area contributed by atoms with Crippen LogP contribution in [-0.4, -0.2) is 26.6 Å². The van der Waals surface area contributed by atoms with E-state index in [1.807, 2.05) is 0 Å². The van der Waals surface area contributed by atoms with Crippen LogP contribution in [0.5, 0.6) is 0 Å². The molecule has 0 saturated heterocycles. The molecule has 28 heavy (non-hydrogen) atoms. The minimum atomic E-state index is -0.775. The van der Waals surface area contributed by atoms with Crippen molar-refractivity contribution >= 4 is 17.9 Å². The molecule has 0 atom stereocenters. The van der Waals surface area contributed by atoms with E-state index in [4.69, 9.17) is 4.42 Å². The minimum absolute atomic E-state index is 0.0768. The largest absolute Gasteiger partial charge is 0.455 e. The van der Waals surface area contributed by atoms with Gasteiger partial charge in [0.25, 0.3) is 5.91 Å². The Kier molecular flexibility index (Phi) is 5.25. The van der Waals surface area contributed by atoms with Crippen LogP contribution >= 0.6 is 0 Å². The number of imidazole rings is 1. The van der Waals surface area contributed by atoms with E-state index in [-0.39, 0.29) is 29.4 Å². The fraction of sp³-hybridized carbons (Fsp3) is 0.118. The standard InChI is InChI=1S/C17H13F2N5O4/c1-10-20-8-17(24(26)27)23(10)9-16(25)22-21-7-12-3-5-15(28-12)13-4-2-11(18)6-14(13)19/h2-8H,9H2,1H3,(H,22,25)/b21-7-. The van der Waals surface area contributed by atoms with E-state index in [1.54, 1.807) is 0 Å². The van der Waals surface area contributed by atoms with Crippen LogP contribution in [-0.2, 0) is 11.3 Å². The number of nitrogens with one attached hydrogen (secondary N) is 1. The normalized spacial score (nSPS) is 11.1. The van der Waals surface area contributed by atoms with Gasteiger partial charge in [0.2, 0.25) is 0 Å². The fourth-order valence-electron chi connectivity index (χ4n) is 2.40. The summed E-state index contributed by atoms with van der Waals surface area (Å²) in [5.41, 5.74) is 2.28. The van der Waals surface area contributed by atoms with Crippen LogP contribution in [0.1, 0.15) is 11.6 Å². The number of hydrogen-bond acceptors (Lipinski definition) is 6. The number of benzene rings is 1. The highest BCUT2D eigenvalue weighted by Gasteiger charge is 2.20. The number of halogens is 2. The van der Waals surface area contributed by atoms with Crippen molar-refractivity contribution in [2.45, 2.75) is 13.5 Å². The van der Waals surface area contributed by atoms with Crippen LogP contribution in [0.2, 0.25) is 0 Å². The zero-order chi connectivity index (χ0) is 20.3. The smallest absolute Gasteiger partial charge is 0.343 e. The van der Waals surface area contributed by atoms with Crippen LogP contribution in [0.25, 0.3) is 11.3 Å². The summed E-state index contributed by atoms with van der Waals surface area (Å²) < 4.78 is 33.2. The highest BCUT2D eigenvalue weighted by Crippen LogP contribution is 2.25. The third-order valence-electron chi connectivity index (χ3n) is 3.73. The van der Waals surface area contributed by atoms with Gasteiger partial charge >= 0.3 is 5.82 Å². The Morgan fingerprint density at radius 2 is 2.18 bits per heavy atom. The second-order valence-electron chi connectivity index (χ2n) is 5.63. The molecule has 0 radical (unpaired) electrons. The number of hydrazone groups is 1. The van der Waals surface area contributed by atoms with Gasteiger partial charge in [0, 0.05) is 13.0 Å². The molecule has 3 aromatic rings. The molecule has 0 fully saturated rings. The number of amides is 1. The van der Waals surface area contributed by atoms with E-state index in [9.17, 15) is 23.7 Å². The lowest BCUT2D eigenvalue weighted by Crippen LogP contribution is -2.24. The summed E-state index contributed by atoms with van der Waals surface area (Å²) in [6, 6.07) is 6.04. The first-order chi connectivity index (χ1) is 13.3. The summed E-state index contributed by atoms with van der Waals surface area (Å²) in [5, 5.41) is 14.6. The number of carbonyl (C=O) groups is 1.